The molecule has 15 rings (SSSR count). The van der Waals surface area contributed by atoms with E-state index in [-0.39, 0.29) is 5.92 Å². The number of ether oxygens (including phenoxy) is 1. The van der Waals surface area contributed by atoms with E-state index in [2.05, 4.69) is 223 Å². The lowest BCUT2D eigenvalue weighted by molar-refractivity contribution is 0.487. The molecular formula is C63H39NO. The molecule has 2 atom stereocenters. The van der Waals surface area contributed by atoms with E-state index in [9.17, 15) is 0 Å². The van der Waals surface area contributed by atoms with Gasteiger partial charge in [-0.25, -0.2) is 0 Å². The van der Waals surface area contributed by atoms with Gasteiger partial charge in [0.25, 0.3) is 0 Å². The van der Waals surface area contributed by atoms with E-state index < -0.39 is 5.41 Å². The Morgan fingerprint density at radius 3 is 2.06 bits per heavy atom. The molecule has 0 bridgehead atoms. The van der Waals surface area contributed by atoms with Gasteiger partial charge in [0, 0.05) is 38.5 Å². The van der Waals surface area contributed by atoms with Gasteiger partial charge in [0.2, 0.25) is 0 Å². The summed E-state index contributed by atoms with van der Waals surface area (Å²) in [7, 11) is 0. The summed E-state index contributed by atoms with van der Waals surface area (Å²) >= 11 is 0. The van der Waals surface area contributed by atoms with Crippen molar-refractivity contribution in [2.75, 3.05) is 0 Å². The van der Waals surface area contributed by atoms with Gasteiger partial charge in [-0.3, -0.25) is 0 Å². The number of benzene rings is 10. The van der Waals surface area contributed by atoms with E-state index in [1.807, 2.05) is 0 Å². The molecule has 1 aliphatic heterocycles. The molecule has 2 nitrogen and oxygen atoms in total. The summed E-state index contributed by atoms with van der Waals surface area (Å²) in [5.74, 6) is 2.04. The van der Waals surface area contributed by atoms with Crippen LogP contribution in [0.4, 0.5) is 0 Å². The first kappa shape index (κ1) is 35.3. The molecule has 1 aromatic heterocycles. The molecule has 0 amide bonds. The molecule has 0 saturated carbocycles. The normalized spacial score (nSPS) is 16.8. The Labute approximate surface area is 376 Å². The second-order valence-corrected chi connectivity index (χ2v) is 18.2. The van der Waals surface area contributed by atoms with E-state index in [0.29, 0.717) is 0 Å². The Bertz CT molecular complexity index is 4020. The van der Waals surface area contributed by atoms with E-state index in [1.54, 1.807) is 0 Å². The minimum Gasteiger partial charge on any atom is -0.456 e. The molecule has 2 unspecified atom stereocenters. The van der Waals surface area contributed by atoms with E-state index in [4.69, 9.17) is 4.74 Å². The van der Waals surface area contributed by atoms with Crippen LogP contribution >= 0.6 is 0 Å². The predicted octanol–water partition coefficient (Wildman–Crippen LogP) is 14.5. The van der Waals surface area contributed by atoms with Gasteiger partial charge >= 0.3 is 0 Å². The Kier molecular flexibility index (Phi) is 7.02. The van der Waals surface area contributed by atoms with Crippen molar-refractivity contribution in [3.8, 4) is 61.7 Å². The van der Waals surface area contributed by atoms with Crippen molar-refractivity contribution in [3.05, 3.63) is 245 Å². The number of hydrogen-bond acceptors (Lipinski definition) is 1. The maximum atomic E-state index is 6.83. The van der Waals surface area contributed by atoms with Crippen molar-refractivity contribution < 1.29 is 4.74 Å². The van der Waals surface area contributed by atoms with E-state index in [0.717, 1.165) is 23.5 Å². The van der Waals surface area contributed by atoms with Crippen LogP contribution in [-0.4, -0.2) is 4.57 Å². The van der Waals surface area contributed by atoms with Gasteiger partial charge in [-0.1, -0.05) is 176 Å². The summed E-state index contributed by atoms with van der Waals surface area (Å²) in [4.78, 5) is 0. The third kappa shape index (κ3) is 4.63. The lowest BCUT2D eigenvalue weighted by Gasteiger charge is -2.31. The minimum atomic E-state index is -0.430. The lowest BCUT2D eigenvalue weighted by atomic mass is 9.70. The van der Waals surface area contributed by atoms with Crippen LogP contribution in [0.25, 0.3) is 94.8 Å². The van der Waals surface area contributed by atoms with Crippen LogP contribution in [0.2, 0.25) is 0 Å². The standard InChI is InChI=1S/C63H39NO/c1-2-14-42(15-3-1)64-57-24-11-8-18-47(57)51-36-41(27-32-58(51)64)43-30-34-60-62-48(43)20-12-21-49(62)52-35-39(28-33-59(52)65-60)40-25-29-46-45-17-6-9-22-53(45)63(56(46)37-40)54-23-10-7-19-50(54)61-44-16-5-4-13-38(44)26-31-55(61)63/h1-26,28-37,41H,27H2. The first-order chi connectivity index (χ1) is 32.2. The number of nitrogens with zero attached hydrogens (tertiary/aromatic N) is 1. The van der Waals surface area contributed by atoms with Crippen LogP contribution in [0.3, 0.4) is 0 Å². The first-order valence-corrected chi connectivity index (χ1v) is 22.9. The van der Waals surface area contributed by atoms with Crippen LogP contribution in [-0.2, 0) is 5.41 Å². The van der Waals surface area contributed by atoms with Crippen molar-refractivity contribution in [1.82, 2.24) is 4.57 Å². The van der Waals surface area contributed by atoms with Crippen molar-refractivity contribution in [3.63, 3.8) is 0 Å². The first-order valence-electron chi connectivity index (χ1n) is 22.9. The number of para-hydroxylation sites is 2. The average Bonchev–Trinajstić information content (AvgIpc) is 3.98. The smallest absolute Gasteiger partial charge is 0.135 e. The Balaban J connectivity index is 0.880. The zero-order chi connectivity index (χ0) is 42.4. The highest BCUT2D eigenvalue weighted by molar-refractivity contribution is 6.08. The zero-order valence-electron chi connectivity index (χ0n) is 35.4. The maximum absolute atomic E-state index is 6.83. The molecule has 3 aliphatic carbocycles. The molecule has 4 aliphatic rings. The van der Waals surface area contributed by atoms with E-state index >= 15 is 0 Å². The Morgan fingerprint density at radius 1 is 0.462 bits per heavy atom. The molecule has 65 heavy (non-hydrogen) atoms. The third-order valence-corrected chi connectivity index (χ3v) is 15.1. The quantitative estimate of drug-likeness (QED) is 0.173. The number of hydrogen-bond donors (Lipinski definition) is 0. The van der Waals surface area contributed by atoms with Gasteiger partial charge in [0.05, 0.1) is 10.9 Å². The van der Waals surface area contributed by atoms with Crippen molar-refractivity contribution >= 4 is 44.6 Å². The van der Waals surface area contributed by atoms with Gasteiger partial charge < -0.3 is 9.30 Å². The molecule has 2 heteroatoms. The fourth-order valence-electron chi connectivity index (χ4n) is 12.5. The molecule has 0 radical (unpaired) electrons. The summed E-state index contributed by atoms with van der Waals surface area (Å²) < 4.78 is 9.25. The molecule has 1 spiro atoms. The second-order valence-electron chi connectivity index (χ2n) is 18.2. The highest BCUT2D eigenvalue weighted by atomic mass is 16.5. The Morgan fingerprint density at radius 2 is 1.15 bits per heavy atom. The topological polar surface area (TPSA) is 14.2 Å². The average molecular weight is 826 g/mol. The van der Waals surface area contributed by atoms with Crippen LogP contribution < -0.4 is 15.3 Å². The highest BCUT2D eigenvalue weighted by Gasteiger charge is 2.52. The van der Waals surface area contributed by atoms with Crippen LogP contribution in [0.15, 0.2) is 206 Å². The summed E-state index contributed by atoms with van der Waals surface area (Å²) in [5, 5.41) is 8.90. The van der Waals surface area contributed by atoms with Gasteiger partial charge in [0.1, 0.15) is 11.5 Å². The fraction of sp³-hybridized carbons (Fsp3) is 0.0476. The lowest BCUT2D eigenvalue weighted by Crippen LogP contribution is -2.31. The fourth-order valence-corrected chi connectivity index (χ4v) is 12.5. The molecule has 2 heterocycles. The van der Waals surface area contributed by atoms with Gasteiger partial charge in [-0.2, -0.15) is 0 Å². The third-order valence-electron chi connectivity index (χ3n) is 15.1. The van der Waals surface area contributed by atoms with Gasteiger partial charge in [-0.05, 0) is 132 Å². The molecule has 11 aromatic rings. The highest BCUT2D eigenvalue weighted by Crippen LogP contribution is 2.64. The zero-order valence-corrected chi connectivity index (χ0v) is 35.4. The number of rotatable bonds is 3. The van der Waals surface area contributed by atoms with Crippen LogP contribution in [0, 0.1) is 0 Å². The molecule has 0 fully saturated rings. The number of aromatic nitrogens is 1. The minimum absolute atomic E-state index is 0.223. The molecule has 0 saturated heterocycles. The summed E-state index contributed by atoms with van der Waals surface area (Å²) in [6.45, 7) is 0. The molecule has 0 N–H and O–H groups in total. The second kappa shape index (κ2) is 12.9. The van der Waals surface area contributed by atoms with Crippen LogP contribution in [0.1, 0.15) is 40.2 Å². The maximum Gasteiger partial charge on any atom is 0.135 e. The van der Waals surface area contributed by atoms with Crippen molar-refractivity contribution in [2.24, 2.45) is 0 Å². The van der Waals surface area contributed by atoms with Crippen LogP contribution in [0.5, 0.6) is 11.5 Å². The SMILES string of the molecule is C1=c2c(n(-c3ccccc3)c3ccccc23)=CCC1c1ccc2c3c(cccc13)-c1cc(-c3ccc4c(c3)C3(c5ccccc5-4)c4ccccc4-c4c3ccc3ccccc43)ccc1O2. The monoisotopic (exact) mass is 825 g/mol. The molecule has 302 valence electrons. The largest absolute Gasteiger partial charge is 0.456 e. The summed E-state index contributed by atoms with van der Waals surface area (Å²) in [6, 6.07) is 76.7. The Hall–Kier alpha value is -8.20. The molecular weight excluding hydrogens is 787 g/mol. The van der Waals surface area contributed by atoms with Crippen molar-refractivity contribution in [2.45, 2.75) is 17.8 Å². The predicted molar refractivity (Wildman–Crippen MR) is 268 cm³/mol. The summed E-state index contributed by atoms with van der Waals surface area (Å²) in [6.07, 6.45) is 5.88. The van der Waals surface area contributed by atoms with E-state index in [1.165, 1.54) is 115 Å². The summed E-state index contributed by atoms with van der Waals surface area (Å²) in [5.41, 5.74) is 18.8. The van der Waals surface area contributed by atoms with Gasteiger partial charge in [0.15, 0.2) is 0 Å². The van der Waals surface area contributed by atoms with Crippen molar-refractivity contribution in [1.29, 1.82) is 0 Å². The van der Waals surface area contributed by atoms with Gasteiger partial charge in [-0.15, -0.1) is 0 Å². The number of fused-ring (bicyclic) bond motifs is 17. The molecule has 10 aromatic carbocycles.